The van der Waals surface area contributed by atoms with Crippen molar-refractivity contribution in [3.63, 3.8) is 0 Å². The first-order valence-electron chi connectivity index (χ1n) is 6.71. The van der Waals surface area contributed by atoms with Gasteiger partial charge in [-0.15, -0.1) is 0 Å². The summed E-state index contributed by atoms with van der Waals surface area (Å²) in [6, 6.07) is 6.47. The van der Waals surface area contributed by atoms with Gasteiger partial charge in [0.05, 0.1) is 5.56 Å². The molecule has 1 N–H and O–H groups in total. The van der Waals surface area contributed by atoms with Gasteiger partial charge in [0.15, 0.2) is 0 Å². The molecule has 1 aliphatic rings. The summed E-state index contributed by atoms with van der Waals surface area (Å²) in [6.07, 6.45) is 1.86. The highest BCUT2D eigenvalue weighted by Crippen LogP contribution is 2.34. The van der Waals surface area contributed by atoms with E-state index in [1.54, 1.807) is 12.1 Å². The molecule has 0 radical (unpaired) electrons. The quantitative estimate of drug-likeness (QED) is 0.917. The van der Waals surface area contributed by atoms with Gasteiger partial charge in [-0.25, -0.2) is 4.39 Å². The minimum Gasteiger partial charge on any atom is -0.480 e. The van der Waals surface area contributed by atoms with E-state index in [1.807, 2.05) is 17.9 Å². The second-order valence-electron chi connectivity index (χ2n) is 5.11. The van der Waals surface area contributed by atoms with Crippen molar-refractivity contribution < 1.29 is 14.3 Å². The van der Waals surface area contributed by atoms with Crippen LogP contribution in [0.5, 0.6) is 0 Å². The molecule has 2 rings (SSSR count). The van der Waals surface area contributed by atoms with Gasteiger partial charge in [0.25, 0.3) is 0 Å². The van der Waals surface area contributed by atoms with E-state index in [4.69, 9.17) is 5.26 Å². The lowest BCUT2D eigenvalue weighted by Crippen LogP contribution is -2.49. The molecule has 106 valence electrons. The fraction of sp³-hybridized carbons (Fsp3) is 0.467. The molecule has 0 amide bonds. The van der Waals surface area contributed by atoms with Crippen LogP contribution in [0, 0.1) is 17.1 Å². The molecule has 0 aliphatic carbocycles. The monoisotopic (exact) mass is 276 g/mol. The molecule has 20 heavy (non-hydrogen) atoms. The molecule has 1 fully saturated rings. The van der Waals surface area contributed by atoms with Gasteiger partial charge >= 0.3 is 5.97 Å². The maximum absolute atomic E-state index is 14.1. The lowest BCUT2D eigenvalue weighted by atomic mass is 9.92. The van der Waals surface area contributed by atoms with Crippen molar-refractivity contribution in [2.24, 2.45) is 0 Å². The fourth-order valence-electron chi connectivity index (χ4n) is 2.95. The lowest BCUT2D eigenvalue weighted by Gasteiger charge is -2.34. The zero-order valence-corrected chi connectivity index (χ0v) is 11.4. The van der Waals surface area contributed by atoms with Crippen molar-refractivity contribution in [2.45, 2.75) is 38.3 Å². The Hall–Kier alpha value is -1.93. The average Bonchev–Trinajstić information content (AvgIpc) is 2.85. The van der Waals surface area contributed by atoms with Crippen LogP contribution >= 0.6 is 0 Å². The van der Waals surface area contributed by atoms with Crippen LogP contribution in [0.25, 0.3) is 0 Å². The van der Waals surface area contributed by atoms with Crippen LogP contribution < -0.4 is 0 Å². The highest BCUT2D eigenvalue weighted by Gasteiger charge is 2.46. The topological polar surface area (TPSA) is 64.3 Å². The molecule has 0 spiro atoms. The third kappa shape index (κ3) is 2.27. The lowest BCUT2D eigenvalue weighted by molar-refractivity contribution is -0.150. The van der Waals surface area contributed by atoms with Gasteiger partial charge in [-0.05, 0) is 31.9 Å². The highest BCUT2D eigenvalue weighted by atomic mass is 19.1. The Morgan fingerprint density at radius 2 is 2.35 bits per heavy atom. The maximum Gasteiger partial charge on any atom is 0.324 e. The van der Waals surface area contributed by atoms with E-state index in [1.165, 1.54) is 6.07 Å². The Balaban J connectivity index is 2.30. The summed E-state index contributed by atoms with van der Waals surface area (Å²) >= 11 is 0. The highest BCUT2D eigenvalue weighted by molar-refractivity contribution is 5.79. The number of likely N-dealkylation sites (tertiary alicyclic amines) is 1. The number of hydrogen-bond donors (Lipinski definition) is 1. The number of carboxylic acid groups (broad SMARTS) is 1. The number of rotatable bonds is 4. The van der Waals surface area contributed by atoms with E-state index in [-0.39, 0.29) is 12.1 Å². The smallest absolute Gasteiger partial charge is 0.324 e. The number of carbonyl (C=O) groups is 1. The summed E-state index contributed by atoms with van der Waals surface area (Å²) in [5.41, 5.74) is -0.529. The van der Waals surface area contributed by atoms with Crippen molar-refractivity contribution in [1.29, 1.82) is 5.26 Å². The van der Waals surface area contributed by atoms with Crippen molar-refractivity contribution in [3.8, 4) is 6.07 Å². The van der Waals surface area contributed by atoms with Crippen LogP contribution in [0.2, 0.25) is 0 Å². The molecule has 0 saturated carbocycles. The number of halogens is 1. The zero-order chi connectivity index (χ0) is 14.8. The second-order valence-corrected chi connectivity index (χ2v) is 5.11. The van der Waals surface area contributed by atoms with E-state index < -0.39 is 17.3 Å². The number of benzene rings is 1. The van der Waals surface area contributed by atoms with Crippen LogP contribution in [0.15, 0.2) is 18.2 Å². The SMILES string of the molecule is CCC1(C(=O)O)CCCN1Cc1cccc(C#N)c1F. The molecular weight excluding hydrogens is 259 g/mol. The molecular formula is C15H17FN2O2. The Bertz CT molecular complexity index is 567. The van der Waals surface area contributed by atoms with Crippen LogP contribution in [-0.2, 0) is 11.3 Å². The first-order valence-corrected chi connectivity index (χ1v) is 6.71. The molecule has 1 aromatic carbocycles. The average molecular weight is 276 g/mol. The molecule has 5 heteroatoms. The Morgan fingerprint density at radius 3 is 2.95 bits per heavy atom. The Kier molecular flexibility index (Phi) is 4.05. The van der Waals surface area contributed by atoms with Gasteiger partial charge in [-0.2, -0.15) is 5.26 Å². The Morgan fingerprint density at radius 1 is 1.60 bits per heavy atom. The first-order chi connectivity index (χ1) is 9.55. The van der Waals surface area contributed by atoms with Gasteiger partial charge in [0.2, 0.25) is 0 Å². The molecule has 0 bridgehead atoms. The largest absolute Gasteiger partial charge is 0.480 e. The van der Waals surface area contributed by atoms with Crippen molar-refractivity contribution in [1.82, 2.24) is 4.90 Å². The number of nitrogens with zero attached hydrogens (tertiary/aromatic N) is 2. The van der Waals surface area contributed by atoms with Gasteiger partial charge in [-0.3, -0.25) is 9.69 Å². The minimum absolute atomic E-state index is 0.000814. The van der Waals surface area contributed by atoms with E-state index in [9.17, 15) is 14.3 Å². The van der Waals surface area contributed by atoms with Crippen LogP contribution in [0.4, 0.5) is 4.39 Å². The molecule has 0 aromatic heterocycles. The molecule has 1 unspecified atom stereocenters. The van der Waals surface area contributed by atoms with E-state index in [0.717, 1.165) is 6.42 Å². The molecule has 1 aliphatic heterocycles. The van der Waals surface area contributed by atoms with Crippen LogP contribution in [0.3, 0.4) is 0 Å². The van der Waals surface area contributed by atoms with E-state index >= 15 is 0 Å². The summed E-state index contributed by atoms with van der Waals surface area (Å²) < 4.78 is 14.1. The summed E-state index contributed by atoms with van der Waals surface area (Å²) in [4.78, 5) is 13.4. The summed E-state index contributed by atoms with van der Waals surface area (Å²) in [6.45, 7) is 2.70. The van der Waals surface area contributed by atoms with Crippen molar-refractivity contribution in [3.05, 3.63) is 35.1 Å². The molecule has 1 atom stereocenters. The second kappa shape index (κ2) is 5.59. The third-order valence-corrected chi connectivity index (χ3v) is 4.17. The maximum atomic E-state index is 14.1. The molecule has 1 saturated heterocycles. The van der Waals surface area contributed by atoms with Gasteiger partial charge in [0.1, 0.15) is 17.4 Å². The summed E-state index contributed by atoms with van der Waals surface area (Å²) in [5, 5.41) is 18.3. The zero-order valence-electron chi connectivity index (χ0n) is 11.4. The van der Waals surface area contributed by atoms with Gasteiger partial charge in [-0.1, -0.05) is 19.1 Å². The van der Waals surface area contributed by atoms with E-state index in [0.29, 0.717) is 24.9 Å². The van der Waals surface area contributed by atoms with Crippen molar-refractivity contribution in [2.75, 3.05) is 6.54 Å². The Labute approximate surface area is 117 Å². The predicted octanol–water partition coefficient (Wildman–Crippen LogP) is 2.53. The van der Waals surface area contributed by atoms with Gasteiger partial charge in [0, 0.05) is 12.1 Å². The summed E-state index contributed by atoms with van der Waals surface area (Å²) in [5.74, 6) is -1.40. The van der Waals surface area contributed by atoms with Crippen LogP contribution in [0.1, 0.15) is 37.3 Å². The number of hydrogen-bond acceptors (Lipinski definition) is 3. The normalized spacial score (nSPS) is 22.6. The molecule has 1 aromatic rings. The fourth-order valence-corrected chi connectivity index (χ4v) is 2.95. The van der Waals surface area contributed by atoms with Crippen LogP contribution in [-0.4, -0.2) is 28.1 Å². The molecule has 4 nitrogen and oxygen atoms in total. The number of nitriles is 1. The first kappa shape index (κ1) is 14.5. The minimum atomic E-state index is -0.908. The van der Waals surface area contributed by atoms with E-state index in [2.05, 4.69) is 0 Å². The van der Waals surface area contributed by atoms with Crippen molar-refractivity contribution >= 4 is 5.97 Å². The standard InChI is InChI=1S/C15H17FN2O2/c1-2-15(14(19)20)7-4-8-18(15)10-12-6-3-5-11(9-17)13(12)16/h3,5-6H,2,4,7-8,10H2,1H3,(H,19,20). The summed E-state index contributed by atoms with van der Waals surface area (Å²) in [7, 11) is 0. The molecule has 1 heterocycles. The number of carboxylic acids is 1. The van der Waals surface area contributed by atoms with Gasteiger partial charge < -0.3 is 5.11 Å². The number of aliphatic carboxylic acids is 1. The third-order valence-electron chi connectivity index (χ3n) is 4.17. The predicted molar refractivity (Wildman–Crippen MR) is 71.4 cm³/mol.